The zero-order chi connectivity index (χ0) is 15.5. The van der Waals surface area contributed by atoms with Crippen molar-refractivity contribution in [3.63, 3.8) is 0 Å². The topological polar surface area (TPSA) is 110 Å². The molecule has 9 heteroatoms. The standard InChI is InChI=1S/C11H15FN2O5S/c1-7(2)9(6-15)13-20(18,19)10-5-3-4-8(12)11(10)14(16)17/h3-5,7,9,13,15H,6H2,1-2H3. The van der Waals surface area contributed by atoms with E-state index in [4.69, 9.17) is 5.11 Å². The maximum absolute atomic E-state index is 13.4. The molecule has 1 unspecified atom stereocenters. The Kier molecular flexibility index (Phi) is 5.15. The molecule has 0 aliphatic carbocycles. The number of benzene rings is 1. The number of hydrogen-bond acceptors (Lipinski definition) is 5. The third-order valence-electron chi connectivity index (χ3n) is 2.73. The Bertz CT molecular complexity index is 603. The van der Waals surface area contributed by atoms with E-state index in [-0.39, 0.29) is 5.92 Å². The minimum absolute atomic E-state index is 0.234. The van der Waals surface area contributed by atoms with Crippen LogP contribution in [0, 0.1) is 21.8 Å². The van der Waals surface area contributed by atoms with E-state index < -0.39 is 44.0 Å². The van der Waals surface area contributed by atoms with E-state index in [1.54, 1.807) is 13.8 Å². The first-order valence-corrected chi connectivity index (χ1v) is 7.25. The molecule has 7 nitrogen and oxygen atoms in total. The monoisotopic (exact) mass is 306 g/mol. The summed E-state index contributed by atoms with van der Waals surface area (Å²) in [6, 6.07) is 2.00. The SMILES string of the molecule is CC(C)C(CO)NS(=O)(=O)c1cccc(F)c1[N+](=O)[O-]. The fourth-order valence-electron chi connectivity index (χ4n) is 1.54. The van der Waals surface area contributed by atoms with Crippen molar-refractivity contribution < 1.29 is 22.8 Å². The van der Waals surface area contributed by atoms with Gasteiger partial charge in [0.1, 0.15) is 0 Å². The average molecular weight is 306 g/mol. The number of nitro benzene ring substituents is 1. The first-order valence-electron chi connectivity index (χ1n) is 5.76. The van der Waals surface area contributed by atoms with Crippen molar-refractivity contribution in [1.29, 1.82) is 0 Å². The highest BCUT2D eigenvalue weighted by Crippen LogP contribution is 2.26. The van der Waals surface area contributed by atoms with E-state index >= 15 is 0 Å². The van der Waals surface area contributed by atoms with Crippen LogP contribution in [0.25, 0.3) is 0 Å². The maximum Gasteiger partial charge on any atom is 0.324 e. The average Bonchev–Trinajstić information content (AvgIpc) is 2.34. The Labute approximate surface area is 115 Å². The van der Waals surface area contributed by atoms with Gasteiger partial charge >= 0.3 is 5.69 Å². The summed E-state index contributed by atoms with van der Waals surface area (Å²) in [5, 5.41) is 19.9. The molecule has 0 amide bonds. The van der Waals surface area contributed by atoms with Crippen molar-refractivity contribution in [2.75, 3.05) is 6.61 Å². The smallest absolute Gasteiger partial charge is 0.324 e. The van der Waals surface area contributed by atoms with E-state index in [0.717, 1.165) is 18.2 Å². The number of nitrogens with one attached hydrogen (secondary N) is 1. The summed E-state index contributed by atoms with van der Waals surface area (Å²) in [5.41, 5.74) is -1.11. The van der Waals surface area contributed by atoms with Crippen LogP contribution in [0.1, 0.15) is 13.8 Å². The molecule has 1 aromatic carbocycles. The summed E-state index contributed by atoms with van der Waals surface area (Å²) in [7, 11) is -4.31. The van der Waals surface area contributed by atoms with Crippen molar-refractivity contribution in [1.82, 2.24) is 4.72 Å². The Hall–Kier alpha value is -1.58. The van der Waals surface area contributed by atoms with Gasteiger partial charge < -0.3 is 5.11 Å². The molecule has 0 heterocycles. The Balaban J connectivity index is 3.30. The van der Waals surface area contributed by atoms with Gasteiger partial charge in [0.25, 0.3) is 0 Å². The van der Waals surface area contributed by atoms with Crippen LogP contribution < -0.4 is 4.72 Å². The normalized spacial score (nSPS) is 13.4. The molecule has 2 N–H and O–H groups in total. The number of sulfonamides is 1. The van der Waals surface area contributed by atoms with Gasteiger partial charge in [-0.3, -0.25) is 10.1 Å². The summed E-state index contributed by atoms with van der Waals surface area (Å²) in [6.07, 6.45) is 0. The van der Waals surface area contributed by atoms with Gasteiger partial charge in [-0.05, 0) is 18.1 Å². The second-order valence-electron chi connectivity index (χ2n) is 4.50. The van der Waals surface area contributed by atoms with Gasteiger partial charge in [-0.1, -0.05) is 19.9 Å². The third-order valence-corrected chi connectivity index (χ3v) is 4.25. The van der Waals surface area contributed by atoms with Crippen LogP contribution >= 0.6 is 0 Å². The lowest BCUT2D eigenvalue weighted by atomic mass is 10.1. The molecule has 0 spiro atoms. The number of hydrogen-bond donors (Lipinski definition) is 2. The molecule has 0 bridgehead atoms. The Morgan fingerprint density at radius 2 is 2.05 bits per heavy atom. The summed E-state index contributed by atoms with van der Waals surface area (Å²) >= 11 is 0. The molecule has 1 rings (SSSR count). The minimum Gasteiger partial charge on any atom is -0.395 e. The predicted molar refractivity (Wildman–Crippen MR) is 69.1 cm³/mol. The van der Waals surface area contributed by atoms with Gasteiger partial charge in [-0.25, -0.2) is 13.1 Å². The van der Waals surface area contributed by atoms with Gasteiger partial charge in [0, 0.05) is 6.04 Å². The molecule has 0 aromatic heterocycles. The third kappa shape index (κ3) is 3.50. The highest BCUT2D eigenvalue weighted by molar-refractivity contribution is 7.89. The second-order valence-corrected chi connectivity index (χ2v) is 6.18. The Morgan fingerprint density at radius 1 is 1.45 bits per heavy atom. The zero-order valence-electron chi connectivity index (χ0n) is 10.9. The first kappa shape index (κ1) is 16.5. The van der Waals surface area contributed by atoms with Crippen molar-refractivity contribution in [2.45, 2.75) is 24.8 Å². The van der Waals surface area contributed by atoms with Gasteiger partial charge in [0.15, 0.2) is 4.90 Å². The van der Waals surface area contributed by atoms with Crippen molar-refractivity contribution in [3.8, 4) is 0 Å². The molecule has 0 aliphatic rings. The van der Waals surface area contributed by atoms with Crippen LogP contribution in [0.4, 0.5) is 10.1 Å². The number of nitrogens with zero attached hydrogens (tertiary/aromatic N) is 1. The number of nitro groups is 1. The molecule has 20 heavy (non-hydrogen) atoms. The lowest BCUT2D eigenvalue weighted by Crippen LogP contribution is -2.41. The Morgan fingerprint density at radius 3 is 2.50 bits per heavy atom. The van der Waals surface area contributed by atoms with Crippen LogP contribution in [-0.2, 0) is 10.0 Å². The van der Waals surface area contributed by atoms with E-state index in [0.29, 0.717) is 0 Å². The highest BCUT2D eigenvalue weighted by atomic mass is 32.2. The zero-order valence-corrected chi connectivity index (χ0v) is 11.7. The quantitative estimate of drug-likeness (QED) is 0.602. The molecular weight excluding hydrogens is 291 g/mol. The summed E-state index contributed by atoms with van der Waals surface area (Å²) in [4.78, 5) is 8.95. The van der Waals surface area contributed by atoms with Gasteiger partial charge in [-0.15, -0.1) is 0 Å². The van der Waals surface area contributed by atoms with Crippen molar-refractivity contribution >= 4 is 15.7 Å². The van der Waals surface area contributed by atoms with E-state index in [9.17, 15) is 22.9 Å². The number of rotatable bonds is 6. The molecule has 0 aliphatic heterocycles. The van der Waals surface area contributed by atoms with Gasteiger partial charge in [0.2, 0.25) is 15.8 Å². The molecule has 0 saturated heterocycles. The fourth-order valence-corrected chi connectivity index (χ4v) is 3.09. The van der Waals surface area contributed by atoms with Gasteiger partial charge in [-0.2, -0.15) is 4.39 Å². The van der Waals surface area contributed by atoms with Crippen molar-refractivity contribution in [3.05, 3.63) is 34.1 Å². The molecular formula is C11H15FN2O5S. The molecule has 0 radical (unpaired) electrons. The van der Waals surface area contributed by atoms with Crippen LogP contribution in [0.2, 0.25) is 0 Å². The molecule has 1 aromatic rings. The van der Waals surface area contributed by atoms with Crippen molar-refractivity contribution in [2.24, 2.45) is 5.92 Å². The summed E-state index contributed by atoms with van der Waals surface area (Å²) in [5.74, 6) is -1.47. The second kappa shape index (κ2) is 6.25. The van der Waals surface area contributed by atoms with Crippen LogP contribution in [-0.4, -0.2) is 31.1 Å². The molecule has 1 atom stereocenters. The molecule has 0 saturated carbocycles. The van der Waals surface area contributed by atoms with Crippen LogP contribution in [0.3, 0.4) is 0 Å². The maximum atomic E-state index is 13.4. The number of aliphatic hydroxyl groups excluding tert-OH is 1. The summed E-state index contributed by atoms with van der Waals surface area (Å²) in [6.45, 7) is 2.87. The molecule has 0 fully saturated rings. The van der Waals surface area contributed by atoms with Crippen LogP contribution in [0.5, 0.6) is 0 Å². The van der Waals surface area contributed by atoms with Gasteiger partial charge in [0.05, 0.1) is 11.5 Å². The number of para-hydroxylation sites is 1. The lowest BCUT2D eigenvalue weighted by Gasteiger charge is -2.19. The predicted octanol–water partition coefficient (Wildman–Crippen LogP) is 1.03. The van der Waals surface area contributed by atoms with E-state index in [1.165, 1.54) is 0 Å². The number of halogens is 1. The largest absolute Gasteiger partial charge is 0.395 e. The number of aliphatic hydroxyl groups is 1. The van der Waals surface area contributed by atoms with E-state index in [1.807, 2.05) is 0 Å². The lowest BCUT2D eigenvalue weighted by molar-refractivity contribution is -0.390. The van der Waals surface area contributed by atoms with E-state index in [2.05, 4.69) is 4.72 Å². The minimum atomic E-state index is -4.31. The fraction of sp³-hybridized carbons (Fsp3) is 0.455. The summed E-state index contributed by atoms with van der Waals surface area (Å²) < 4.78 is 39.7. The van der Waals surface area contributed by atoms with Crippen LogP contribution in [0.15, 0.2) is 23.1 Å². The molecule has 112 valence electrons. The highest BCUT2D eigenvalue weighted by Gasteiger charge is 2.31. The first-order chi connectivity index (χ1) is 9.20.